The lowest BCUT2D eigenvalue weighted by atomic mass is 10.2. The van der Waals surface area contributed by atoms with Crippen LogP contribution in [0.2, 0.25) is 5.02 Å². The predicted octanol–water partition coefficient (Wildman–Crippen LogP) is 2.29. The highest BCUT2D eigenvalue weighted by molar-refractivity contribution is 6.33. The van der Waals surface area contributed by atoms with E-state index < -0.39 is 5.97 Å². The van der Waals surface area contributed by atoms with Crippen molar-refractivity contribution in [1.29, 1.82) is 0 Å². The van der Waals surface area contributed by atoms with Gasteiger partial charge in [-0.1, -0.05) is 23.7 Å². The van der Waals surface area contributed by atoms with Crippen molar-refractivity contribution in [2.24, 2.45) is 0 Å². The van der Waals surface area contributed by atoms with E-state index in [2.05, 4.69) is 15.3 Å². The van der Waals surface area contributed by atoms with Gasteiger partial charge < -0.3 is 10.4 Å². The van der Waals surface area contributed by atoms with Crippen LogP contribution in [0.4, 0.5) is 5.82 Å². The van der Waals surface area contributed by atoms with Crippen molar-refractivity contribution in [2.75, 3.05) is 11.9 Å². The minimum Gasteiger partial charge on any atom is -0.480 e. The van der Waals surface area contributed by atoms with Crippen LogP contribution < -0.4 is 5.32 Å². The number of halogens is 1. The highest BCUT2D eigenvalue weighted by atomic mass is 35.5. The van der Waals surface area contributed by atoms with E-state index in [-0.39, 0.29) is 6.54 Å². The standard InChI is InChI=1S/C12H10ClN3O2/c13-9-4-2-1-3-8(9)12-14-6-5-10(16-12)15-7-11(17)18/h1-6H,7H2,(H,17,18)(H,14,15,16). The molecule has 1 heterocycles. The smallest absolute Gasteiger partial charge is 0.322 e. The molecule has 0 radical (unpaired) electrons. The molecule has 0 fully saturated rings. The molecule has 18 heavy (non-hydrogen) atoms. The van der Waals surface area contributed by atoms with E-state index >= 15 is 0 Å². The molecule has 0 unspecified atom stereocenters. The highest BCUT2D eigenvalue weighted by Crippen LogP contribution is 2.24. The number of rotatable bonds is 4. The Hall–Kier alpha value is -2.14. The Morgan fingerprint density at radius 2 is 2.11 bits per heavy atom. The number of benzene rings is 1. The third kappa shape index (κ3) is 2.95. The molecular formula is C12H10ClN3O2. The van der Waals surface area contributed by atoms with E-state index in [1.807, 2.05) is 12.1 Å². The van der Waals surface area contributed by atoms with Crippen molar-refractivity contribution in [1.82, 2.24) is 9.97 Å². The molecule has 0 aliphatic rings. The number of nitrogens with zero attached hydrogens (tertiary/aromatic N) is 2. The van der Waals surface area contributed by atoms with Crippen molar-refractivity contribution in [2.45, 2.75) is 0 Å². The van der Waals surface area contributed by atoms with Gasteiger partial charge in [0, 0.05) is 11.8 Å². The second-order valence-electron chi connectivity index (χ2n) is 3.49. The van der Waals surface area contributed by atoms with Crippen molar-refractivity contribution >= 4 is 23.4 Å². The number of carboxylic acids is 1. The molecule has 0 bridgehead atoms. The fraction of sp³-hybridized carbons (Fsp3) is 0.0833. The van der Waals surface area contributed by atoms with Gasteiger partial charge in [-0.15, -0.1) is 0 Å². The van der Waals surface area contributed by atoms with Crippen LogP contribution in [0.3, 0.4) is 0 Å². The maximum absolute atomic E-state index is 10.5. The number of anilines is 1. The van der Waals surface area contributed by atoms with E-state index in [0.717, 1.165) is 0 Å². The Morgan fingerprint density at radius 1 is 1.33 bits per heavy atom. The van der Waals surface area contributed by atoms with Crippen LogP contribution in [-0.4, -0.2) is 27.6 Å². The Labute approximate surface area is 108 Å². The SMILES string of the molecule is O=C(O)CNc1ccnc(-c2ccccc2Cl)n1. The van der Waals surface area contributed by atoms with Crippen LogP contribution in [0.25, 0.3) is 11.4 Å². The topological polar surface area (TPSA) is 75.1 Å². The summed E-state index contributed by atoms with van der Waals surface area (Å²) in [6.07, 6.45) is 1.55. The Bertz CT molecular complexity index is 575. The van der Waals surface area contributed by atoms with Gasteiger partial charge in [-0.2, -0.15) is 0 Å². The van der Waals surface area contributed by atoms with Crippen LogP contribution in [-0.2, 0) is 4.79 Å². The van der Waals surface area contributed by atoms with Gasteiger partial charge in [0.1, 0.15) is 12.4 Å². The number of hydrogen-bond donors (Lipinski definition) is 2. The minimum absolute atomic E-state index is 0.195. The van der Waals surface area contributed by atoms with Crippen molar-refractivity contribution in [3.63, 3.8) is 0 Å². The van der Waals surface area contributed by atoms with Gasteiger partial charge in [0.2, 0.25) is 0 Å². The zero-order chi connectivity index (χ0) is 13.0. The second kappa shape index (κ2) is 5.46. The minimum atomic E-state index is -0.951. The lowest BCUT2D eigenvalue weighted by Gasteiger charge is -2.05. The number of carbonyl (C=O) groups is 1. The van der Waals surface area contributed by atoms with Crippen LogP contribution in [0, 0.1) is 0 Å². The molecule has 0 aliphatic heterocycles. The van der Waals surface area contributed by atoms with Crippen LogP contribution >= 0.6 is 11.6 Å². The summed E-state index contributed by atoms with van der Waals surface area (Å²) in [6, 6.07) is 8.81. The lowest BCUT2D eigenvalue weighted by Crippen LogP contribution is -2.13. The van der Waals surface area contributed by atoms with Gasteiger partial charge >= 0.3 is 5.97 Å². The first-order valence-corrected chi connectivity index (χ1v) is 5.58. The summed E-state index contributed by atoms with van der Waals surface area (Å²) in [6.45, 7) is -0.195. The molecule has 2 aromatic rings. The fourth-order valence-corrected chi connectivity index (χ4v) is 1.62. The van der Waals surface area contributed by atoms with Crippen LogP contribution in [0.5, 0.6) is 0 Å². The van der Waals surface area contributed by atoms with E-state index in [4.69, 9.17) is 16.7 Å². The summed E-state index contributed by atoms with van der Waals surface area (Å²) in [5.74, 6) is -0.0498. The quantitative estimate of drug-likeness (QED) is 0.885. The third-order valence-electron chi connectivity index (χ3n) is 2.19. The average molecular weight is 264 g/mol. The largest absolute Gasteiger partial charge is 0.480 e. The molecule has 1 aromatic carbocycles. The molecule has 6 heteroatoms. The summed E-state index contributed by atoms with van der Waals surface area (Å²) < 4.78 is 0. The van der Waals surface area contributed by atoms with Crippen molar-refractivity contribution in [3.05, 3.63) is 41.6 Å². The van der Waals surface area contributed by atoms with Gasteiger partial charge in [-0.3, -0.25) is 4.79 Å². The first-order valence-electron chi connectivity index (χ1n) is 5.20. The van der Waals surface area contributed by atoms with Gasteiger partial charge in [0.25, 0.3) is 0 Å². The van der Waals surface area contributed by atoms with Crippen molar-refractivity contribution in [3.8, 4) is 11.4 Å². The van der Waals surface area contributed by atoms with Gasteiger partial charge in [-0.05, 0) is 18.2 Å². The zero-order valence-electron chi connectivity index (χ0n) is 9.30. The number of aliphatic carboxylic acids is 1. The van der Waals surface area contributed by atoms with E-state index in [1.54, 1.807) is 24.4 Å². The number of carboxylic acid groups (broad SMARTS) is 1. The summed E-state index contributed by atoms with van der Waals surface area (Å²) in [4.78, 5) is 18.8. The molecule has 2 N–H and O–H groups in total. The monoisotopic (exact) mass is 263 g/mol. The normalized spacial score (nSPS) is 10.1. The fourth-order valence-electron chi connectivity index (χ4n) is 1.40. The first kappa shape index (κ1) is 12.3. The van der Waals surface area contributed by atoms with E-state index in [1.165, 1.54) is 0 Å². The number of aromatic nitrogens is 2. The molecule has 0 aliphatic carbocycles. The Morgan fingerprint density at radius 3 is 2.83 bits per heavy atom. The molecule has 0 amide bonds. The molecule has 0 spiro atoms. The maximum atomic E-state index is 10.5. The number of hydrogen-bond acceptors (Lipinski definition) is 4. The molecule has 1 aromatic heterocycles. The summed E-state index contributed by atoms with van der Waals surface area (Å²) in [5, 5.41) is 11.8. The summed E-state index contributed by atoms with van der Waals surface area (Å²) in [5.41, 5.74) is 0.707. The first-order chi connectivity index (χ1) is 8.66. The number of nitrogens with one attached hydrogen (secondary N) is 1. The Kier molecular flexibility index (Phi) is 3.74. The maximum Gasteiger partial charge on any atom is 0.322 e. The van der Waals surface area contributed by atoms with E-state index in [0.29, 0.717) is 22.2 Å². The molecule has 0 saturated heterocycles. The molecule has 0 saturated carbocycles. The zero-order valence-corrected chi connectivity index (χ0v) is 10.1. The molecule has 2 rings (SSSR count). The third-order valence-corrected chi connectivity index (χ3v) is 2.52. The second-order valence-corrected chi connectivity index (χ2v) is 3.90. The van der Waals surface area contributed by atoms with Crippen molar-refractivity contribution < 1.29 is 9.90 Å². The molecule has 0 atom stereocenters. The predicted molar refractivity (Wildman–Crippen MR) is 68.6 cm³/mol. The highest BCUT2D eigenvalue weighted by Gasteiger charge is 2.06. The van der Waals surface area contributed by atoms with Crippen LogP contribution in [0.15, 0.2) is 36.5 Å². The van der Waals surface area contributed by atoms with Gasteiger partial charge in [-0.25, -0.2) is 9.97 Å². The van der Waals surface area contributed by atoms with Gasteiger partial charge in [0.05, 0.1) is 5.02 Å². The average Bonchev–Trinajstić information content (AvgIpc) is 2.37. The summed E-state index contributed by atoms with van der Waals surface area (Å²) >= 11 is 6.04. The lowest BCUT2D eigenvalue weighted by molar-refractivity contribution is -0.134. The molecular weight excluding hydrogens is 254 g/mol. The Balaban J connectivity index is 2.27. The van der Waals surface area contributed by atoms with Gasteiger partial charge in [0.15, 0.2) is 5.82 Å². The molecule has 5 nitrogen and oxygen atoms in total. The van der Waals surface area contributed by atoms with E-state index in [9.17, 15) is 4.79 Å². The van der Waals surface area contributed by atoms with Crippen LogP contribution in [0.1, 0.15) is 0 Å². The summed E-state index contributed by atoms with van der Waals surface area (Å²) in [7, 11) is 0. The molecule has 92 valence electrons.